The van der Waals surface area contributed by atoms with Crippen LogP contribution in [0.2, 0.25) is 0 Å². The standard InChI is InChI=1S/C122H77N3O2S/c1-5-30-83(31-6-1)121(84-32-7-2-8-33-84)107-50-19-13-41-96(107)104-76-92(66-68-109(104)121)123(87-62-57-78(58-63-87)94-47-28-56-115-118(94)101-45-17-23-54-113(101)126-115)89-38-25-29-81(71-89)95-48-27-49-100-106-72-80(61-70-117(106)128-120(95)100)82-73-103(119-102-46-18-24-55-114(102)127-116(119)74-82)79-59-64-88(65-60-79)124(90-39-26-40-91(75-90)125-111-52-21-15-43-98(111)99-44-16-22-53-112(99)125)93-67-69-110-105(77-93)97-42-14-20-51-108(97)122(110,85-34-9-3-10-35-85)86-36-11-4-12-37-86/h1-77H. The molecule has 598 valence electrons. The summed E-state index contributed by atoms with van der Waals surface area (Å²) in [5.41, 5.74) is 35.9. The van der Waals surface area contributed by atoms with Crippen molar-refractivity contribution in [2.75, 3.05) is 9.80 Å². The van der Waals surface area contributed by atoms with E-state index >= 15 is 0 Å². The minimum atomic E-state index is -0.548. The van der Waals surface area contributed by atoms with Crippen molar-refractivity contribution >= 4 is 131 Å². The minimum Gasteiger partial charge on any atom is -0.456 e. The van der Waals surface area contributed by atoms with Crippen molar-refractivity contribution in [1.82, 2.24) is 4.57 Å². The van der Waals surface area contributed by atoms with Crippen LogP contribution in [0.15, 0.2) is 476 Å². The Balaban J connectivity index is 0.593. The molecule has 0 spiro atoms. The summed E-state index contributed by atoms with van der Waals surface area (Å²) >= 11 is 1.86. The molecule has 4 aromatic heterocycles. The molecule has 0 saturated heterocycles. The fraction of sp³-hybridized carbons (Fsp3) is 0.0164. The normalized spacial score (nSPS) is 13.0. The molecule has 0 N–H and O–H groups in total. The Kier molecular flexibility index (Phi) is 16.7. The predicted octanol–water partition coefficient (Wildman–Crippen LogP) is 33.3. The van der Waals surface area contributed by atoms with Gasteiger partial charge in [-0.2, -0.15) is 0 Å². The van der Waals surface area contributed by atoms with Gasteiger partial charge in [0.2, 0.25) is 0 Å². The van der Waals surface area contributed by atoms with Gasteiger partial charge in [0.1, 0.15) is 22.3 Å². The zero-order valence-corrected chi connectivity index (χ0v) is 70.3. The van der Waals surface area contributed by atoms with Crippen molar-refractivity contribution in [3.05, 3.63) is 512 Å². The Hall–Kier alpha value is -16.4. The predicted molar refractivity (Wildman–Crippen MR) is 534 cm³/mol. The molecule has 0 radical (unpaired) electrons. The van der Waals surface area contributed by atoms with Gasteiger partial charge in [-0.1, -0.05) is 334 Å². The number of anilines is 6. The number of aromatic nitrogens is 1. The second-order valence-electron chi connectivity index (χ2n) is 34.0. The fourth-order valence-electron chi connectivity index (χ4n) is 21.9. The number of hydrogen-bond acceptors (Lipinski definition) is 5. The minimum absolute atomic E-state index is 0.541. The molecule has 5 nitrogen and oxygen atoms in total. The Labute approximate surface area is 744 Å². The van der Waals surface area contributed by atoms with Crippen LogP contribution in [0.3, 0.4) is 0 Å². The van der Waals surface area contributed by atoms with Gasteiger partial charge in [-0.3, -0.25) is 0 Å². The number of thiophene rings is 1. The van der Waals surface area contributed by atoms with Crippen molar-refractivity contribution in [3.8, 4) is 72.4 Å². The zero-order valence-electron chi connectivity index (χ0n) is 69.5. The number of fused-ring (bicyclic) bond motifs is 18. The lowest BCUT2D eigenvalue weighted by Crippen LogP contribution is -2.28. The average Bonchev–Trinajstić information content (AvgIpc) is 1.54. The topological polar surface area (TPSA) is 37.7 Å². The van der Waals surface area contributed by atoms with E-state index in [9.17, 15) is 0 Å². The van der Waals surface area contributed by atoms with E-state index in [4.69, 9.17) is 8.83 Å². The lowest BCUT2D eigenvalue weighted by atomic mass is 9.68. The summed E-state index contributed by atoms with van der Waals surface area (Å²) in [5, 5.41) is 9.26. The third-order valence-electron chi connectivity index (χ3n) is 27.3. The van der Waals surface area contributed by atoms with Crippen LogP contribution in [0.1, 0.15) is 44.5 Å². The highest BCUT2D eigenvalue weighted by Crippen LogP contribution is 2.60. The number of nitrogens with zero attached hydrogens (tertiary/aromatic N) is 3. The van der Waals surface area contributed by atoms with Crippen molar-refractivity contribution in [1.29, 1.82) is 0 Å². The van der Waals surface area contributed by atoms with Crippen LogP contribution in [0.5, 0.6) is 0 Å². The molecule has 0 atom stereocenters. The quantitative estimate of drug-likeness (QED) is 0.103. The molecule has 0 unspecified atom stereocenters. The van der Waals surface area contributed by atoms with Crippen LogP contribution in [0.25, 0.3) is 158 Å². The third kappa shape index (κ3) is 11.1. The molecular weight excluding hydrogens is 1570 g/mol. The molecule has 0 saturated carbocycles. The van der Waals surface area contributed by atoms with E-state index in [0.717, 1.165) is 134 Å². The van der Waals surface area contributed by atoms with Crippen molar-refractivity contribution in [2.24, 2.45) is 0 Å². The summed E-state index contributed by atoms with van der Waals surface area (Å²) < 4.78 is 18.3. The van der Waals surface area contributed by atoms with E-state index in [2.05, 4.69) is 475 Å². The van der Waals surface area contributed by atoms with Gasteiger partial charge in [-0.05, 0) is 245 Å². The Bertz CT molecular complexity index is 8440. The highest BCUT2D eigenvalue weighted by molar-refractivity contribution is 7.26. The zero-order chi connectivity index (χ0) is 84.1. The lowest BCUT2D eigenvalue weighted by molar-refractivity contribution is 0.668. The summed E-state index contributed by atoms with van der Waals surface area (Å²) in [6.45, 7) is 0. The second kappa shape index (κ2) is 29.1. The van der Waals surface area contributed by atoms with Crippen LogP contribution in [-0.2, 0) is 10.8 Å². The molecule has 26 rings (SSSR count). The van der Waals surface area contributed by atoms with Gasteiger partial charge < -0.3 is 23.2 Å². The molecular formula is C122H77N3O2S. The summed E-state index contributed by atoms with van der Waals surface area (Å²) in [4.78, 5) is 4.90. The molecule has 2 aliphatic carbocycles. The van der Waals surface area contributed by atoms with Crippen LogP contribution < -0.4 is 9.80 Å². The van der Waals surface area contributed by atoms with Gasteiger partial charge in [0, 0.05) is 92.3 Å². The lowest BCUT2D eigenvalue weighted by Gasteiger charge is -2.34. The summed E-state index contributed by atoms with van der Waals surface area (Å²) in [6.07, 6.45) is 0. The van der Waals surface area contributed by atoms with Crippen molar-refractivity contribution in [2.45, 2.75) is 10.8 Å². The van der Waals surface area contributed by atoms with E-state index in [1.54, 1.807) is 0 Å². The highest BCUT2D eigenvalue weighted by atomic mass is 32.1. The summed E-state index contributed by atoms with van der Waals surface area (Å²) in [6, 6.07) is 173. The van der Waals surface area contributed by atoms with E-state index in [-0.39, 0.29) is 0 Å². The number of benzene rings is 20. The number of hydrogen-bond donors (Lipinski definition) is 0. The van der Waals surface area contributed by atoms with Crippen LogP contribution in [0, 0.1) is 0 Å². The molecule has 0 amide bonds. The molecule has 24 aromatic rings. The van der Waals surface area contributed by atoms with E-state index in [0.29, 0.717) is 0 Å². The molecule has 128 heavy (non-hydrogen) atoms. The van der Waals surface area contributed by atoms with E-state index in [1.807, 2.05) is 17.4 Å². The molecule has 6 heteroatoms. The Morgan fingerprint density at radius 1 is 0.211 bits per heavy atom. The van der Waals surface area contributed by atoms with Gasteiger partial charge in [-0.25, -0.2) is 0 Å². The van der Waals surface area contributed by atoms with Crippen LogP contribution in [0.4, 0.5) is 34.1 Å². The van der Waals surface area contributed by atoms with E-state index < -0.39 is 10.8 Å². The molecule has 2 aliphatic rings. The van der Waals surface area contributed by atoms with Crippen LogP contribution in [-0.4, -0.2) is 4.57 Å². The second-order valence-corrected chi connectivity index (χ2v) is 35.0. The molecule has 0 bridgehead atoms. The van der Waals surface area contributed by atoms with Crippen LogP contribution >= 0.6 is 11.3 Å². The number of para-hydroxylation sites is 4. The first-order chi connectivity index (χ1) is 63.5. The average molecular weight is 1650 g/mol. The van der Waals surface area contributed by atoms with E-state index in [1.165, 1.54) is 103 Å². The largest absolute Gasteiger partial charge is 0.456 e. The maximum absolute atomic E-state index is 6.98. The van der Waals surface area contributed by atoms with Gasteiger partial charge in [0.15, 0.2) is 0 Å². The number of rotatable bonds is 15. The smallest absolute Gasteiger partial charge is 0.136 e. The first-order valence-corrected chi connectivity index (χ1v) is 44.8. The molecule has 4 heterocycles. The molecule has 20 aromatic carbocycles. The maximum Gasteiger partial charge on any atom is 0.136 e. The van der Waals surface area contributed by atoms with Crippen molar-refractivity contribution in [3.63, 3.8) is 0 Å². The first-order valence-electron chi connectivity index (χ1n) is 44.0. The van der Waals surface area contributed by atoms with Gasteiger partial charge >= 0.3 is 0 Å². The fourth-order valence-corrected chi connectivity index (χ4v) is 23.1. The summed E-state index contributed by atoms with van der Waals surface area (Å²) in [7, 11) is 0. The monoisotopic (exact) mass is 1650 g/mol. The molecule has 0 aliphatic heterocycles. The highest BCUT2D eigenvalue weighted by Gasteiger charge is 2.48. The maximum atomic E-state index is 6.98. The SMILES string of the molecule is c1ccc(C2(c3ccccc3)c3ccccc3-c3cc(N(c4ccc(-c5cccc6oc7ccccc7c56)cc4)c4cccc(-c5cccc6c5sc5ccc(-c7cc(-c8ccc(N(c9cccc(-n%10c%11ccccc%11c%11ccccc%11%10)c9)c9ccc%10c(c9)-c9ccccc9C%10(c9ccccc9)c9ccccc9)cc8)c8c(c7)oc7ccccc78)cc56)c4)ccc32)cc1. The van der Waals surface area contributed by atoms with Crippen molar-refractivity contribution < 1.29 is 8.83 Å². The first kappa shape index (κ1) is 73.2. The molecule has 0 fully saturated rings. The summed E-state index contributed by atoms with van der Waals surface area (Å²) in [5.74, 6) is 0. The third-order valence-corrected chi connectivity index (χ3v) is 28.5. The van der Waals surface area contributed by atoms with Gasteiger partial charge in [0.25, 0.3) is 0 Å². The van der Waals surface area contributed by atoms with Gasteiger partial charge in [-0.15, -0.1) is 11.3 Å². The number of furan rings is 2. The Morgan fingerprint density at radius 3 is 1.19 bits per heavy atom. The Morgan fingerprint density at radius 2 is 0.617 bits per heavy atom. The van der Waals surface area contributed by atoms with Gasteiger partial charge in [0.05, 0.1) is 21.9 Å².